The van der Waals surface area contributed by atoms with Gasteiger partial charge in [-0.15, -0.1) is 0 Å². The molecule has 2 rings (SSSR count). The number of para-hydroxylation sites is 1. The van der Waals surface area contributed by atoms with Crippen LogP contribution < -0.4 is 5.32 Å². The zero-order chi connectivity index (χ0) is 13.0. The second-order valence-corrected chi connectivity index (χ2v) is 4.61. The normalized spacial score (nSPS) is 17.4. The first kappa shape index (κ1) is 12.9. The summed E-state index contributed by atoms with van der Waals surface area (Å²) in [6, 6.07) is 7.83. The lowest BCUT2D eigenvalue weighted by molar-refractivity contribution is -0.147. The van der Waals surface area contributed by atoms with Gasteiger partial charge in [0.15, 0.2) is 0 Å². The van der Waals surface area contributed by atoms with Crippen molar-refractivity contribution in [2.24, 2.45) is 0 Å². The van der Waals surface area contributed by atoms with Crippen molar-refractivity contribution in [3.8, 4) is 0 Å². The van der Waals surface area contributed by atoms with Crippen LogP contribution in [0.15, 0.2) is 24.3 Å². The Hall–Kier alpha value is -1.55. The molecule has 18 heavy (non-hydrogen) atoms. The Bertz CT molecular complexity index is 417. The van der Waals surface area contributed by atoms with Crippen molar-refractivity contribution in [2.75, 3.05) is 25.1 Å². The maximum atomic E-state index is 11.9. The molecule has 1 aliphatic rings. The van der Waals surface area contributed by atoms with Crippen LogP contribution in [-0.4, -0.2) is 31.8 Å². The molecule has 0 amide bonds. The van der Waals surface area contributed by atoms with Gasteiger partial charge in [-0.1, -0.05) is 18.2 Å². The molecule has 0 spiro atoms. The number of fused-ring (bicyclic) bond motifs is 1. The summed E-state index contributed by atoms with van der Waals surface area (Å²) in [5.41, 5.74) is 2.05. The topological polar surface area (TPSA) is 47.6 Å². The minimum atomic E-state index is -0.194. The molecule has 1 heterocycles. The Morgan fingerprint density at radius 1 is 1.39 bits per heavy atom. The van der Waals surface area contributed by atoms with Crippen LogP contribution in [0.2, 0.25) is 0 Å². The summed E-state index contributed by atoms with van der Waals surface area (Å²) < 4.78 is 10.6. The summed E-state index contributed by atoms with van der Waals surface area (Å²) in [5, 5.41) is 3.21. The molecule has 0 saturated carbocycles. The Morgan fingerprint density at radius 2 is 2.17 bits per heavy atom. The second-order valence-electron chi connectivity index (χ2n) is 4.61. The fourth-order valence-electron chi connectivity index (χ4n) is 2.02. The average molecular weight is 249 g/mol. The van der Waals surface area contributed by atoms with Crippen LogP contribution >= 0.6 is 0 Å². The quantitative estimate of drug-likeness (QED) is 0.641. The van der Waals surface area contributed by atoms with Gasteiger partial charge in [-0.05, 0) is 25.5 Å². The number of ether oxygens (including phenoxy) is 2. The number of carbonyl (C=O) groups excluding carboxylic acids is 1. The molecular formula is C14H19NO3. The standard InChI is InChI=1S/C14H19NO3/c1-10(2)17-7-8-18-14(16)12-9-15-13-6-4-3-5-11(12)13/h3-6,10,12,15H,7-9H2,1-2H3. The number of carbonyl (C=O) groups is 1. The van der Waals surface area contributed by atoms with Gasteiger partial charge in [-0.3, -0.25) is 4.79 Å². The van der Waals surface area contributed by atoms with Crippen molar-refractivity contribution in [3.63, 3.8) is 0 Å². The molecule has 4 nitrogen and oxygen atoms in total. The van der Waals surface area contributed by atoms with E-state index in [0.717, 1.165) is 11.3 Å². The third-order valence-electron chi connectivity index (χ3n) is 2.90. The molecular weight excluding hydrogens is 230 g/mol. The van der Waals surface area contributed by atoms with Gasteiger partial charge in [0.25, 0.3) is 0 Å². The van der Waals surface area contributed by atoms with Gasteiger partial charge in [-0.25, -0.2) is 0 Å². The second kappa shape index (κ2) is 5.87. The van der Waals surface area contributed by atoms with Gasteiger partial charge in [0.05, 0.1) is 12.7 Å². The highest BCUT2D eigenvalue weighted by Gasteiger charge is 2.29. The van der Waals surface area contributed by atoms with Crippen LogP contribution in [0, 0.1) is 0 Å². The Balaban J connectivity index is 1.84. The molecule has 1 aromatic carbocycles. The monoisotopic (exact) mass is 249 g/mol. The van der Waals surface area contributed by atoms with E-state index in [9.17, 15) is 4.79 Å². The molecule has 1 atom stereocenters. The summed E-state index contributed by atoms with van der Waals surface area (Å²) in [4.78, 5) is 11.9. The van der Waals surface area contributed by atoms with Crippen molar-refractivity contribution in [1.82, 2.24) is 0 Å². The van der Waals surface area contributed by atoms with E-state index in [4.69, 9.17) is 9.47 Å². The fourth-order valence-corrected chi connectivity index (χ4v) is 2.02. The number of hydrogen-bond acceptors (Lipinski definition) is 4. The molecule has 1 aromatic rings. The summed E-state index contributed by atoms with van der Waals surface area (Å²) in [6.45, 7) is 5.29. The predicted octanol–water partition coefficient (Wildman–Crippen LogP) is 2.16. The molecule has 1 N–H and O–H groups in total. The molecule has 0 radical (unpaired) electrons. The van der Waals surface area contributed by atoms with Crippen LogP contribution in [0.25, 0.3) is 0 Å². The van der Waals surface area contributed by atoms with Crippen molar-refractivity contribution < 1.29 is 14.3 Å². The number of rotatable bonds is 5. The Morgan fingerprint density at radius 3 is 2.94 bits per heavy atom. The van der Waals surface area contributed by atoms with E-state index in [1.165, 1.54) is 0 Å². The maximum absolute atomic E-state index is 11.9. The lowest BCUT2D eigenvalue weighted by Crippen LogP contribution is -2.20. The van der Waals surface area contributed by atoms with Crippen LogP contribution in [0.5, 0.6) is 0 Å². The zero-order valence-electron chi connectivity index (χ0n) is 10.8. The first-order valence-corrected chi connectivity index (χ1v) is 6.29. The van der Waals surface area contributed by atoms with E-state index < -0.39 is 0 Å². The molecule has 0 aromatic heterocycles. The highest BCUT2D eigenvalue weighted by atomic mass is 16.6. The van der Waals surface area contributed by atoms with Gasteiger partial charge in [0, 0.05) is 12.2 Å². The number of hydrogen-bond donors (Lipinski definition) is 1. The fraction of sp³-hybridized carbons (Fsp3) is 0.500. The van der Waals surface area contributed by atoms with Crippen molar-refractivity contribution in [3.05, 3.63) is 29.8 Å². The molecule has 0 fully saturated rings. The van der Waals surface area contributed by atoms with E-state index >= 15 is 0 Å². The molecule has 1 aliphatic heterocycles. The van der Waals surface area contributed by atoms with Crippen molar-refractivity contribution in [1.29, 1.82) is 0 Å². The first-order chi connectivity index (χ1) is 8.68. The van der Waals surface area contributed by atoms with Crippen LogP contribution in [0.1, 0.15) is 25.3 Å². The van der Waals surface area contributed by atoms with Gasteiger partial charge < -0.3 is 14.8 Å². The summed E-state index contributed by atoms with van der Waals surface area (Å²) in [7, 11) is 0. The zero-order valence-corrected chi connectivity index (χ0v) is 10.8. The summed E-state index contributed by atoms with van der Waals surface area (Å²) >= 11 is 0. The van der Waals surface area contributed by atoms with E-state index in [2.05, 4.69) is 5.32 Å². The maximum Gasteiger partial charge on any atom is 0.315 e. The Labute approximate surface area is 107 Å². The van der Waals surface area contributed by atoms with Gasteiger partial charge in [-0.2, -0.15) is 0 Å². The van der Waals surface area contributed by atoms with E-state index in [0.29, 0.717) is 19.8 Å². The van der Waals surface area contributed by atoms with Crippen LogP contribution in [-0.2, 0) is 14.3 Å². The van der Waals surface area contributed by atoms with E-state index in [1.54, 1.807) is 0 Å². The highest BCUT2D eigenvalue weighted by Crippen LogP contribution is 2.31. The highest BCUT2D eigenvalue weighted by molar-refractivity contribution is 5.83. The largest absolute Gasteiger partial charge is 0.463 e. The molecule has 0 saturated heterocycles. The molecule has 0 aliphatic carbocycles. The van der Waals surface area contributed by atoms with Crippen molar-refractivity contribution in [2.45, 2.75) is 25.9 Å². The summed E-state index contributed by atoms with van der Waals surface area (Å²) in [6.07, 6.45) is 0.164. The smallest absolute Gasteiger partial charge is 0.315 e. The molecule has 98 valence electrons. The predicted molar refractivity (Wildman–Crippen MR) is 69.7 cm³/mol. The minimum absolute atomic E-state index is 0.164. The third kappa shape index (κ3) is 3.01. The van der Waals surface area contributed by atoms with Crippen LogP contribution in [0.3, 0.4) is 0 Å². The van der Waals surface area contributed by atoms with Gasteiger partial charge in [0.2, 0.25) is 0 Å². The molecule has 1 unspecified atom stereocenters. The average Bonchev–Trinajstić information content (AvgIpc) is 2.78. The lowest BCUT2D eigenvalue weighted by Gasteiger charge is -2.11. The number of anilines is 1. The SMILES string of the molecule is CC(C)OCCOC(=O)C1CNc2ccccc21. The van der Waals surface area contributed by atoms with Gasteiger partial charge in [0.1, 0.15) is 12.5 Å². The van der Waals surface area contributed by atoms with E-state index in [1.807, 2.05) is 38.1 Å². The number of esters is 1. The molecule has 4 heteroatoms. The number of benzene rings is 1. The first-order valence-electron chi connectivity index (χ1n) is 6.29. The third-order valence-corrected chi connectivity index (χ3v) is 2.90. The lowest BCUT2D eigenvalue weighted by atomic mass is 10.0. The number of nitrogens with one attached hydrogen (secondary N) is 1. The van der Waals surface area contributed by atoms with Crippen molar-refractivity contribution >= 4 is 11.7 Å². The minimum Gasteiger partial charge on any atom is -0.463 e. The molecule has 0 bridgehead atoms. The van der Waals surface area contributed by atoms with Crippen LogP contribution in [0.4, 0.5) is 5.69 Å². The van der Waals surface area contributed by atoms with E-state index in [-0.39, 0.29) is 18.0 Å². The summed E-state index contributed by atoms with van der Waals surface area (Å²) in [5.74, 6) is -0.375. The van der Waals surface area contributed by atoms with Gasteiger partial charge >= 0.3 is 5.97 Å². The Kier molecular flexibility index (Phi) is 4.20.